The van der Waals surface area contributed by atoms with Gasteiger partial charge in [0.05, 0.1) is 0 Å². The van der Waals surface area contributed by atoms with E-state index in [1.165, 1.54) is 36.1 Å². The second kappa shape index (κ2) is 11.4. The standard InChI is InChI=1S/C28H37N3O2/c1-29(22-24-10-13-26(14-11-24)30-18-6-3-7-19-30)28(33)25-16-20-31(21-17-25)27(32)15-12-23-8-4-2-5-9-23/h2,4-5,8-11,13-14,25H,3,6-7,12,15-22H2,1H3. The van der Waals surface area contributed by atoms with Crippen LogP contribution < -0.4 is 4.90 Å². The van der Waals surface area contributed by atoms with Crippen molar-refractivity contribution in [1.82, 2.24) is 9.80 Å². The van der Waals surface area contributed by atoms with Crippen molar-refractivity contribution in [2.45, 2.75) is 51.5 Å². The molecule has 2 aromatic carbocycles. The number of nitrogens with zero attached hydrogens (tertiary/aromatic N) is 3. The van der Waals surface area contributed by atoms with Crippen molar-refractivity contribution in [3.8, 4) is 0 Å². The molecule has 0 aromatic heterocycles. The van der Waals surface area contributed by atoms with Gasteiger partial charge in [0.1, 0.15) is 0 Å². The van der Waals surface area contributed by atoms with Gasteiger partial charge in [0, 0.05) is 57.8 Å². The third-order valence-corrected chi connectivity index (χ3v) is 7.12. The van der Waals surface area contributed by atoms with Gasteiger partial charge >= 0.3 is 0 Å². The fourth-order valence-corrected chi connectivity index (χ4v) is 5.06. The minimum atomic E-state index is 0.0146. The first-order valence-electron chi connectivity index (χ1n) is 12.5. The van der Waals surface area contributed by atoms with E-state index in [0.717, 1.165) is 32.4 Å². The molecule has 0 N–H and O–H groups in total. The predicted molar refractivity (Wildman–Crippen MR) is 133 cm³/mol. The van der Waals surface area contributed by atoms with Crippen LogP contribution in [0.15, 0.2) is 54.6 Å². The van der Waals surface area contributed by atoms with Crippen molar-refractivity contribution in [1.29, 1.82) is 0 Å². The molecule has 0 atom stereocenters. The lowest BCUT2D eigenvalue weighted by Crippen LogP contribution is -2.43. The summed E-state index contributed by atoms with van der Waals surface area (Å²) in [6.45, 7) is 4.29. The highest BCUT2D eigenvalue weighted by atomic mass is 16.2. The number of rotatable bonds is 7. The Kier molecular flexibility index (Phi) is 8.03. The summed E-state index contributed by atoms with van der Waals surface area (Å²) < 4.78 is 0. The van der Waals surface area contributed by atoms with E-state index in [9.17, 15) is 9.59 Å². The Morgan fingerprint density at radius 3 is 2.18 bits per heavy atom. The highest BCUT2D eigenvalue weighted by Gasteiger charge is 2.29. The van der Waals surface area contributed by atoms with Crippen LogP contribution in [0.4, 0.5) is 5.69 Å². The lowest BCUT2D eigenvalue weighted by Gasteiger charge is -2.33. The maximum atomic E-state index is 13.0. The molecule has 0 saturated carbocycles. The summed E-state index contributed by atoms with van der Waals surface area (Å²) in [5, 5.41) is 0. The monoisotopic (exact) mass is 447 g/mol. The van der Waals surface area contributed by atoms with Gasteiger partial charge in [-0.3, -0.25) is 9.59 Å². The third-order valence-electron chi connectivity index (χ3n) is 7.12. The van der Waals surface area contributed by atoms with Crippen LogP contribution in [-0.2, 0) is 22.6 Å². The lowest BCUT2D eigenvalue weighted by atomic mass is 9.94. The molecular formula is C28H37N3O2. The van der Waals surface area contributed by atoms with E-state index in [0.29, 0.717) is 26.1 Å². The molecule has 5 nitrogen and oxygen atoms in total. The zero-order chi connectivity index (χ0) is 23.0. The number of hydrogen-bond donors (Lipinski definition) is 0. The number of amides is 2. The van der Waals surface area contributed by atoms with Gasteiger partial charge in [0.25, 0.3) is 0 Å². The number of benzene rings is 2. The lowest BCUT2D eigenvalue weighted by molar-refractivity contribution is -0.140. The third kappa shape index (κ3) is 6.37. The zero-order valence-electron chi connectivity index (χ0n) is 19.9. The first-order valence-corrected chi connectivity index (χ1v) is 12.5. The Morgan fingerprint density at radius 1 is 0.848 bits per heavy atom. The molecule has 0 radical (unpaired) electrons. The van der Waals surface area contributed by atoms with Gasteiger partial charge in [-0.25, -0.2) is 0 Å². The van der Waals surface area contributed by atoms with Gasteiger partial charge in [-0.2, -0.15) is 0 Å². The van der Waals surface area contributed by atoms with Gasteiger partial charge in [0.15, 0.2) is 0 Å². The molecule has 2 aromatic rings. The SMILES string of the molecule is CN(Cc1ccc(N2CCCCC2)cc1)C(=O)C1CCN(C(=O)CCc2ccccc2)CC1. The summed E-state index contributed by atoms with van der Waals surface area (Å²) in [5.74, 6) is 0.416. The largest absolute Gasteiger partial charge is 0.372 e. The first-order chi connectivity index (χ1) is 16.1. The zero-order valence-corrected chi connectivity index (χ0v) is 19.9. The normalized spacial score (nSPS) is 17.1. The molecule has 2 heterocycles. The molecule has 0 spiro atoms. The molecule has 5 heteroatoms. The minimum Gasteiger partial charge on any atom is -0.372 e. The first kappa shape index (κ1) is 23.3. The Balaban J connectivity index is 1.21. The molecule has 0 unspecified atom stereocenters. The Bertz CT molecular complexity index is 898. The van der Waals surface area contributed by atoms with Crippen molar-refractivity contribution < 1.29 is 9.59 Å². The highest BCUT2D eigenvalue weighted by molar-refractivity contribution is 5.80. The van der Waals surface area contributed by atoms with Crippen LogP contribution in [0.2, 0.25) is 0 Å². The van der Waals surface area contributed by atoms with Crippen LogP contribution in [0.3, 0.4) is 0 Å². The van der Waals surface area contributed by atoms with Crippen LogP contribution in [-0.4, -0.2) is 54.8 Å². The summed E-state index contributed by atoms with van der Waals surface area (Å²) >= 11 is 0. The molecule has 0 aliphatic carbocycles. The van der Waals surface area contributed by atoms with Crippen molar-refractivity contribution in [3.05, 3.63) is 65.7 Å². The van der Waals surface area contributed by atoms with Crippen LogP contribution >= 0.6 is 0 Å². The van der Waals surface area contributed by atoms with E-state index >= 15 is 0 Å². The molecule has 33 heavy (non-hydrogen) atoms. The van der Waals surface area contributed by atoms with Crippen LogP contribution in [0.5, 0.6) is 0 Å². The van der Waals surface area contributed by atoms with E-state index in [4.69, 9.17) is 0 Å². The van der Waals surface area contributed by atoms with Crippen molar-refractivity contribution in [2.75, 3.05) is 38.1 Å². The molecule has 2 saturated heterocycles. The van der Waals surface area contributed by atoms with E-state index in [1.54, 1.807) is 0 Å². The molecule has 2 aliphatic rings. The van der Waals surface area contributed by atoms with E-state index in [1.807, 2.05) is 35.0 Å². The molecule has 176 valence electrons. The van der Waals surface area contributed by atoms with Crippen LogP contribution in [0, 0.1) is 5.92 Å². The van der Waals surface area contributed by atoms with Gasteiger partial charge < -0.3 is 14.7 Å². The predicted octanol–water partition coefficient (Wildman–Crippen LogP) is 4.51. The highest BCUT2D eigenvalue weighted by Crippen LogP contribution is 2.23. The topological polar surface area (TPSA) is 43.9 Å². The van der Waals surface area contributed by atoms with Crippen molar-refractivity contribution >= 4 is 17.5 Å². The maximum absolute atomic E-state index is 13.0. The molecular weight excluding hydrogens is 410 g/mol. The summed E-state index contributed by atoms with van der Waals surface area (Å²) in [6.07, 6.45) is 6.71. The number of carbonyl (C=O) groups excluding carboxylic acids is 2. The summed E-state index contributed by atoms with van der Waals surface area (Å²) in [4.78, 5) is 31.9. The molecule has 2 fully saturated rings. The van der Waals surface area contributed by atoms with Gasteiger partial charge in [-0.05, 0) is 61.8 Å². The Hall–Kier alpha value is -2.82. The molecule has 2 amide bonds. The summed E-state index contributed by atoms with van der Waals surface area (Å²) in [6, 6.07) is 18.8. The summed E-state index contributed by atoms with van der Waals surface area (Å²) in [7, 11) is 1.90. The maximum Gasteiger partial charge on any atom is 0.225 e. The van der Waals surface area contributed by atoms with Crippen LogP contribution in [0.1, 0.15) is 49.7 Å². The van der Waals surface area contributed by atoms with Crippen LogP contribution in [0.25, 0.3) is 0 Å². The Morgan fingerprint density at radius 2 is 1.52 bits per heavy atom. The molecule has 4 rings (SSSR count). The van der Waals surface area contributed by atoms with E-state index < -0.39 is 0 Å². The smallest absolute Gasteiger partial charge is 0.225 e. The van der Waals surface area contributed by atoms with Crippen molar-refractivity contribution in [2.24, 2.45) is 5.92 Å². The number of likely N-dealkylation sites (tertiary alicyclic amines) is 1. The number of aryl methyl sites for hydroxylation is 1. The number of carbonyl (C=O) groups is 2. The number of piperidine rings is 2. The van der Waals surface area contributed by atoms with Gasteiger partial charge in [0.2, 0.25) is 11.8 Å². The fraction of sp³-hybridized carbons (Fsp3) is 0.500. The van der Waals surface area contributed by atoms with E-state index in [2.05, 4.69) is 41.3 Å². The molecule has 0 bridgehead atoms. The fourth-order valence-electron chi connectivity index (χ4n) is 5.06. The van der Waals surface area contributed by atoms with Crippen molar-refractivity contribution in [3.63, 3.8) is 0 Å². The van der Waals surface area contributed by atoms with Gasteiger partial charge in [-0.1, -0.05) is 42.5 Å². The number of hydrogen-bond acceptors (Lipinski definition) is 3. The Labute approximate surface area is 198 Å². The summed E-state index contributed by atoms with van der Waals surface area (Å²) in [5.41, 5.74) is 3.65. The van der Waals surface area contributed by atoms with Gasteiger partial charge in [-0.15, -0.1) is 0 Å². The number of anilines is 1. The molecule has 2 aliphatic heterocycles. The minimum absolute atomic E-state index is 0.0146. The average molecular weight is 448 g/mol. The second-order valence-electron chi connectivity index (χ2n) is 9.55. The van der Waals surface area contributed by atoms with E-state index in [-0.39, 0.29) is 17.7 Å². The average Bonchev–Trinajstić information content (AvgIpc) is 2.88. The quantitative estimate of drug-likeness (QED) is 0.627. The second-order valence-corrected chi connectivity index (χ2v) is 9.55.